The Labute approximate surface area is 201 Å². The summed E-state index contributed by atoms with van der Waals surface area (Å²) in [7, 11) is -4.05. The van der Waals surface area contributed by atoms with Crippen molar-refractivity contribution in [2.75, 3.05) is 25.7 Å². The summed E-state index contributed by atoms with van der Waals surface area (Å²) in [6.45, 7) is 6.73. The van der Waals surface area contributed by atoms with E-state index in [9.17, 15) is 14.2 Å². The molecule has 0 aromatic carbocycles. The number of rotatable bonds is 13. The molecule has 0 aliphatic carbocycles. The standard InChI is InChI=1S/C19H30N5O10P/c1-12(2)33-18(25)28-9-31-35(27,32-10-29-19(26)34-13(3)4)11-30-14(5)6-15-7-23-24-16(15)21-8-22-17(24)20/h7-8,12-14H,6,9-11H2,1-5H3,(H2,20,21,22)/t14-/m1/s1. The van der Waals surface area contributed by atoms with E-state index in [-0.39, 0.29) is 5.95 Å². The van der Waals surface area contributed by atoms with Crippen molar-refractivity contribution in [2.45, 2.75) is 59.4 Å². The van der Waals surface area contributed by atoms with E-state index in [1.54, 1.807) is 40.8 Å². The molecule has 0 amide bonds. The Morgan fingerprint density at radius 3 is 2.11 bits per heavy atom. The Balaban J connectivity index is 1.95. The summed E-state index contributed by atoms with van der Waals surface area (Å²) in [5, 5.41) is 4.12. The van der Waals surface area contributed by atoms with Crippen molar-refractivity contribution in [3.05, 3.63) is 18.1 Å². The van der Waals surface area contributed by atoms with Crippen molar-refractivity contribution >= 4 is 31.5 Å². The Morgan fingerprint density at radius 1 is 1.00 bits per heavy atom. The monoisotopic (exact) mass is 519 g/mol. The Morgan fingerprint density at radius 2 is 1.57 bits per heavy atom. The number of carbonyl (C=O) groups is 2. The van der Waals surface area contributed by atoms with Crippen molar-refractivity contribution in [1.29, 1.82) is 0 Å². The molecule has 0 fully saturated rings. The number of nitrogen functional groups attached to an aromatic ring is 1. The second-order valence-electron chi connectivity index (χ2n) is 7.67. The molecule has 2 aromatic rings. The summed E-state index contributed by atoms with van der Waals surface area (Å²) in [5.41, 5.74) is 6.97. The number of fused-ring (bicyclic) bond motifs is 1. The number of hydrogen-bond acceptors (Lipinski definition) is 14. The second kappa shape index (κ2) is 13.2. The normalized spacial score (nSPS) is 12.7. The first-order valence-electron chi connectivity index (χ1n) is 10.6. The van der Waals surface area contributed by atoms with Crippen LogP contribution in [0.4, 0.5) is 15.5 Å². The van der Waals surface area contributed by atoms with Crippen LogP contribution in [0.2, 0.25) is 0 Å². The van der Waals surface area contributed by atoms with Gasteiger partial charge in [-0.05, 0) is 34.6 Å². The number of carbonyl (C=O) groups excluding carboxylic acids is 2. The highest BCUT2D eigenvalue weighted by Crippen LogP contribution is 2.48. The minimum Gasteiger partial charge on any atom is -0.432 e. The first-order chi connectivity index (χ1) is 16.5. The van der Waals surface area contributed by atoms with Crippen LogP contribution in [0, 0.1) is 0 Å². The summed E-state index contributed by atoms with van der Waals surface area (Å²) >= 11 is 0. The average molecular weight is 519 g/mol. The third kappa shape index (κ3) is 9.64. The number of aromatic nitrogens is 4. The molecule has 1 atom stereocenters. The summed E-state index contributed by atoms with van der Waals surface area (Å²) in [5.74, 6) is 0.174. The zero-order valence-electron chi connectivity index (χ0n) is 20.1. The molecule has 0 spiro atoms. The van der Waals surface area contributed by atoms with Crippen molar-refractivity contribution in [2.24, 2.45) is 0 Å². The van der Waals surface area contributed by atoms with Gasteiger partial charge in [0.05, 0.1) is 24.5 Å². The molecule has 35 heavy (non-hydrogen) atoms. The van der Waals surface area contributed by atoms with Crippen LogP contribution in [0.3, 0.4) is 0 Å². The lowest BCUT2D eigenvalue weighted by Crippen LogP contribution is -2.19. The molecular weight excluding hydrogens is 489 g/mol. The van der Waals surface area contributed by atoms with E-state index in [4.69, 9.17) is 38.5 Å². The molecule has 0 bridgehead atoms. The zero-order valence-corrected chi connectivity index (χ0v) is 21.0. The highest BCUT2D eigenvalue weighted by atomic mass is 31.2. The van der Waals surface area contributed by atoms with Crippen LogP contribution >= 0.6 is 7.60 Å². The van der Waals surface area contributed by atoms with Gasteiger partial charge in [0.2, 0.25) is 19.5 Å². The molecule has 0 saturated carbocycles. The predicted molar refractivity (Wildman–Crippen MR) is 119 cm³/mol. The summed E-state index contributed by atoms with van der Waals surface area (Å²) < 4.78 is 49.4. The number of hydrogen-bond donors (Lipinski definition) is 1. The van der Waals surface area contributed by atoms with E-state index >= 15 is 0 Å². The lowest BCUT2D eigenvalue weighted by molar-refractivity contribution is -0.0364. The molecule has 196 valence electrons. The lowest BCUT2D eigenvalue weighted by Gasteiger charge is -2.20. The molecule has 2 N–H and O–H groups in total. The highest BCUT2D eigenvalue weighted by molar-refractivity contribution is 7.53. The van der Waals surface area contributed by atoms with Gasteiger partial charge in [0.15, 0.2) is 5.65 Å². The maximum atomic E-state index is 13.1. The van der Waals surface area contributed by atoms with Gasteiger partial charge in [-0.3, -0.25) is 13.6 Å². The van der Waals surface area contributed by atoms with Gasteiger partial charge in [-0.25, -0.2) is 19.6 Å². The van der Waals surface area contributed by atoms with Gasteiger partial charge in [-0.1, -0.05) is 0 Å². The van der Waals surface area contributed by atoms with Crippen LogP contribution < -0.4 is 5.73 Å². The van der Waals surface area contributed by atoms with Crippen molar-refractivity contribution in [3.63, 3.8) is 0 Å². The fourth-order valence-corrected chi connectivity index (χ4v) is 3.57. The number of nitrogens with zero attached hydrogens (tertiary/aromatic N) is 4. The van der Waals surface area contributed by atoms with E-state index in [0.717, 1.165) is 0 Å². The lowest BCUT2D eigenvalue weighted by atomic mass is 10.2. The first kappa shape index (κ1) is 28.2. The van der Waals surface area contributed by atoms with E-state index in [0.29, 0.717) is 17.6 Å². The van der Waals surface area contributed by atoms with Gasteiger partial charge in [-0.2, -0.15) is 9.61 Å². The van der Waals surface area contributed by atoms with Gasteiger partial charge < -0.3 is 29.4 Å². The molecular formula is C19H30N5O10P. The number of anilines is 1. The van der Waals surface area contributed by atoms with Crippen molar-refractivity contribution in [3.8, 4) is 0 Å². The van der Waals surface area contributed by atoms with Gasteiger partial charge in [0.25, 0.3) is 0 Å². The molecule has 0 saturated heterocycles. The van der Waals surface area contributed by atoms with E-state index in [2.05, 4.69) is 15.1 Å². The molecule has 16 heteroatoms. The quantitative estimate of drug-likeness (QED) is 0.231. The number of ether oxygens (including phenoxy) is 5. The molecule has 15 nitrogen and oxygen atoms in total. The maximum Gasteiger partial charge on any atom is 0.510 e. The van der Waals surface area contributed by atoms with Crippen LogP contribution in [-0.4, -0.2) is 70.1 Å². The molecule has 0 unspecified atom stereocenters. The minimum absolute atomic E-state index is 0.174. The molecule has 0 radical (unpaired) electrons. The predicted octanol–water partition coefficient (Wildman–Crippen LogP) is 2.88. The Kier molecular flexibility index (Phi) is 10.6. The molecule has 0 aliphatic rings. The third-order valence-corrected chi connectivity index (χ3v) is 5.41. The molecule has 0 aliphatic heterocycles. The maximum absolute atomic E-state index is 13.1. The topological polar surface area (TPSA) is 185 Å². The van der Waals surface area contributed by atoms with Crippen LogP contribution in [0.15, 0.2) is 12.5 Å². The van der Waals surface area contributed by atoms with Gasteiger partial charge in [0, 0.05) is 12.0 Å². The minimum atomic E-state index is -4.05. The van der Waals surface area contributed by atoms with Gasteiger partial charge >= 0.3 is 19.9 Å². The second-order valence-corrected chi connectivity index (χ2v) is 9.67. The fourth-order valence-electron chi connectivity index (χ4n) is 2.48. The smallest absolute Gasteiger partial charge is 0.432 e. The van der Waals surface area contributed by atoms with Crippen LogP contribution in [0.25, 0.3) is 5.65 Å². The molecule has 2 aromatic heterocycles. The third-order valence-electron chi connectivity index (χ3n) is 3.94. The fraction of sp³-hybridized carbons (Fsp3) is 0.632. The summed E-state index contributed by atoms with van der Waals surface area (Å²) in [6.07, 6.45) is -0.728. The van der Waals surface area contributed by atoms with E-state index < -0.39 is 58.2 Å². The molecule has 2 rings (SSSR count). The first-order valence-corrected chi connectivity index (χ1v) is 12.3. The largest absolute Gasteiger partial charge is 0.510 e. The Bertz CT molecular complexity index is 999. The molecule has 2 heterocycles. The van der Waals surface area contributed by atoms with Crippen molar-refractivity contribution < 1.29 is 46.9 Å². The van der Waals surface area contributed by atoms with Gasteiger partial charge in [0.1, 0.15) is 12.7 Å². The van der Waals surface area contributed by atoms with Crippen LogP contribution in [-0.2, 0) is 43.7 Å². The van der Waals surface area contributed by atoms with E-state index in [1.165, 1.54) is 10.8 Å². The number of nitrogens with two attached hydrogens (primary N) is 1. The highest BCUT2D eigenvalue weighted by Gasteiger charge is 2.29. The summed E-state index contributed by atoms with van der Waals surface area (Å²) in [6, 6.07) is 0. The summed E-state index contributed by atoms with van der Waals surface area (Å²) in [4.78, 5) is 31.0. The SMILES string of the molecule is CC(C)OC(=O)OCOP(=O)(CO[C@H](C)Cc1cnn2c(N)ncnc12)OCOC(=O)OC(C)C. The Hall–Kier alpha value is -3.00. The average Bonchev–Trinajstić information content (AvgIpc) is 3.15. The van der Waals surface area contributed by atoms with Gasteiger partial charge in [-0.15, -0.1) is 0 Å². The van der Waals surface area contributed by atoms with Crippen molar-refractivity contribution in [1.82, 2.24) is 19.6 Å². The van der Waals surface area contributed by atoms with Crippen LogP contribution in [0.1, 0.15) is 40.2 Å². The van der Waals surface area contributed by atoms with E-state index in [1.807, 2.05) is 0 Å². The van der Waals surface area contributed by atoms with Crippen LogP contribution in [0.5, 0.6) is 0 Å². The zero-order chi connectivity index (χ0) is 26.0.